The highest BCUT2D eigenvalue weighted by molar-refractivity contribution is 7.92. The maximum Gasteiger partial charge on any atom is 0.262 e. The molecule has 8 heteroatoms. The number of nitrogens with one attached hydrogen (secondary N) is 2. The van der Waals surface area contributed by atoms with Crippen molar-refractivity contribution < 1.29 is 22.3 Å². The highest BCUT2D eigenvalue weighted by Crippen LogP contribution is 2.24. The van der Waals surface area contributed by atoms with Crippen molar-refractivity contribution in [1.82, 2.24) is 0 Å². The summed E-state index contributed by atoms with van der Waals surface area (Å²) in [5, 5.41) is 2.62. The summed E-state index contributed by atoms with van der Waals surface area (Å²) < 4.78 is 46.1. The Morgan fingerprint density at radius 2 is 1.53 bits per heavy atom. The normalized spacial score (nSPS) is 11.0. The van der Waals surface area contributed by atoms with Gasteiger partial charge in [-0.25, -0.2) is 12.8 Å². The average Bonchev–Trinajstić information content (AvgIpc) is 2.71. The Morgan fingerprint density at radius 3 is 2.13 bits per heavy atom. The number of para-hydroxylation sites is 1. The second kappa shape index (κ2) is 8.96. The smallest absolute Gasteiger partial charge is 0.262 e. The van der Waals surface area contributed by atoms with E-state index in [-0.39, 0.29) is 11.5 Å². The van der Waals surface area contributed by atoms with Crippen LogP contribution in [0.15, 0.2) is 71.6 Å². The van der Waals surface area contributed by atoms with Gasteiger partial charge in [0, 0.05) is 5.69 Å². The standard InChI is InChI=1S/C22H21FN2O4S/c1-15-4-3-5-16(2)22(15)25-30(27,28)20-12-8-18(9-13-20)24-21(26)14-29-19-10-6-17(23)7-11-19/h3-13,25H,14H2,1-2H3,(H,24,26). The number of benzene rings is 3. The van der Waals surface area contributed by atoms with E-state index >= 15 is 0 Å². The van der Waals surface area contributed by atoms with Crippen molar-refractivity contribution >= 4 is 27.3 Å². The van der Waals surface area contributed by atoms with Gasteiger partial charge in [-0.2, -0.15) is 0 Å². The fraction of sp³-hybridized carbons (Fsp3) is 0.136. The third-order valence-corrected chi connectivity index (χ3v) is 5.72. The first kappa shape index (κ1) is 21.3. The quantitative estimate of drug-likeness (QED) is 0.589. The van der Waals surface area contributed by atoms with Gasteiger partial charge < -0.3 is 10.1 Å². The summed E-state index contributed by atoms with van der Waals surface area (Å²) in [6.45, 7) is 3.40. The van der Waals surface area contributed by atoms with Gasteiger partial charge in [0.05, 0.1) is 10.6 Å². The lowest BCUT2D eigenvalue weighted by Gasteiger charge is -2.13. The van der Waals surface area contributed by atoms with Crippen molar-refractivity contribution in [3.8, 4) is 5.75 Å². The minimum atomic E-state index is -3.77. The molecule has 6 nitrogen and oxygen atoms in total. The molecule has 0 aromatic heterocycles. The van der Waals surface area contributed by atoms with Crippen LogP contribution in [-0.4, -0.2) is 20.9 Å². The zero-order valence-electron chi connectivity index (χ0n) is 16.5. The van der Waals surface area contributed by atoms with E-state index in [1.807, 2.05) is 32.0 Å². The lowest BCUT2D eigenvalue weighted by atomic mass is 10.1. The zero-order valence-corrected chi connectivity index (χ0v) is 17.3. The number of anilines is 2. The molecule has 0 aliphatic carbocycles. The largest absolute Gasteiger partial charge is 0.484 e. The Kier molecular flexibility index (Phi) is 6.37. The number of halogens is 1. The SMILES string of the molecule is Cc1cccc(C)c1NS(=O)(=O)c1ccc(NC(=O)COc2ccc(F)cc2)cc1. The number of carbonyl (C=O) groups is 1. The molecule has 3 aromatic carbocycles. The highest BCUT2D eigenvalue weighted by atomic mass is 32.2. The Balaban J connectivity index is 1.62. The molecule has 1 amide bonds. The van der Waals surface area contributed by atoms with Crippen LogP contribution in [0, 0.1) is 19.7 Å². The van der Waals surface area contributed by atoms with Crippen LogP contribution in [0.25, 0.3) is 0 Å². The maximum absolute atomic E-state index is 12.9. The number of hydrogen-bond acceptors (Lipinski definition) is 4. The second-order valence-corrected chi connectivity index (χ2v) is 8.37. The number of carbonyl (C=O) groups excluding carboxylic acids is 1. The second-order valence-electron chi connectivity index (χ2n) is 6.69. The molecule has 0 aliphatic rings. The first-order chi connectivity index (χ1) is 14.2. The molecular weight excluding hydrogens is 407 g/mol. The van der Waals surface area contributed by atoms with E-state index in [0.29, 0.717) is 17.1 Å². The Morgan fingerprint density at radius 1 is 0.933 bits per heavy atom. The molecular formula is C22H21FN2O4S. The molecule has 0 spiro atoms. The molecule has 0 aliphatic heterocycles. The third kappa shape index (κ3) is 5.36. The van der Waals surface area contributed by atoms with Gasteiger partial charge in [0.1, 0.15) is 11.6 Å². The molecule has 0 saturated carbocycles. The molecule has 0 atom stereocenters. The summed E-state index contributed by atoms with van der Waals surface area (Å²) in [7, 11) is -3.77. The van der Waals surface area contributed by atoms with Gasteiger partial charge in [-0.15, -0.1) is 0 Å². The van der Waals surface area contributed by atoms with Gasteiger partial charge in [0.25, 0.3) is 15.9 Å². The van der Waals surface area contributed by atoms with Crippen LogP contribution < -0.4 is 14.8 Å². The maximum atomic E-state index is 12.9. The summed E-state index contributed by atoms with van der Waals surface area (Å²) in [5.41, 5.74) is 2.62. The highest BCUT2D eigenvalue weighted by Gasteiger charge is 2.16. The first-order valence-corrected chi connectivity index (χ1v) is 10.6. The van der Waals surface area contributed by atoms with Crippen LogP contribution in [0.5, 0.6) is 5.75 Å². The van der Waals surface area contributed by atoms with Crippen molar-refractivity contribution in [1.29, 1.82) is 0 Å². The Hall–Kier alpha value is -3.39. The number of rotatable bonds is 7. The summed E-state index contributed by atoms with van der Waals surface area (Å²) in [6, 6.07) is 16.6. The topological polar surface area (TPSA) is 84.5 Å². The van der Waals surface area contributed by atoms with Crippen LogP contribution in [0.4, 0.5) is 15.8 Å². The van der Waals surface area contributed by atoms with E-state index in [0.717, 1.165) is 11.1 Å². The Bertz CT molecular complexity index is 1120. The predicted octanol–water partition coefficient (Wildman–Crippen LogP) is 4.26. The Labute approximate surface area is 174 Å². The third-order valence-electron chi connectivity index (χ3n) is 4.35. The summed E-state index contributed by atoms with van der Waals surface area (Å²) in [5.74, 6) is -0.455. The zero-order chi connectivity index (χ0) is 21.7. The minimum Gasteiger partial charge on any atom is -0.484 e. The molecule has 3 aromatic rings. The molecule has 0 saturated heterocycles. The van der Waals surface area contributed by atoms with Crippen LogP contribution in [0.1, 0.15) is 11.1 Å². The van der Waals surface area contributed by atoms with Crippen LogP contribution >= 0.6 is 0 Å². The fourth-order valence-electron chi connectivity index (χ4n) is 2.76. The van der Waals surface area contributed by atoms with E-state index in [1.165, 1.54) is 48.5 Å². The molecule has 156 valence electrons. The van der Waals surface area contributed by atoms with Gasteiger partial charge in [-0.3, -0.25) is 9.52 Å². The molecule has 2 N–H and O–H groups in total. The van der Waals surface area contributed by atoms with E-state index in [2.05, 4.69) is 10.0 Å². The van der Waals surface area contributed by atoms with Crippen molar-refractivity contribution in [2.45, 2.75) is 18.7 Å². The van der Waals surface area contributed by atoms with Gasteiger partial charge in [-0.05, 0) is 73.5 Å². The van der Waals surface area contributed by atoms with E-state index < -0.39 is 21.7 Å². The number of sulfonamides is 1. The summed E-state index contributed by atoms with van der Waals surface area (Å²) in [4.78, 5) is 12.1. The molecule has 0 heterocycles. The van der Waals surface area contributed by atoms with E-state index in [9.17, 15) is 17.6 Å². The summed E-state index contributed by atoms with van der Waals surface area (Å²) in [6.07, 6.45) is 0. The number of hydrogen-bond donors (Lipinski definition) is 2. The molecule has 3 rings (SSSR count). The summed E-state index contributed by atoms with van der Waals surface area (Å²) >= 11 is 0. The minimum absolute atomic E-state index is 0.0747. The van der Waals surface area contributed by atoms with E-state index in [1.54, 1.807) is 0 Å². The van der Waals surface area contributed by atoms with Crippen molar-refractivity contribution in [2.75, 3.05) is 16.6 Å². The lowest BCUT2D eigenvalue weighted by molar-refractivity contribution is -0.118. The molecule has 0 fully saturated rings. The van der Waals surface area contributed by atoms with Crippen LogP contribution in [0.2, 0.25) is 0 Å². The first-order valence-electron chi connectivity index (χ1n) is 9.12. The number of aryl methyl sites for hydroxylation is 2. The van der Waals surface area contributed by atoms with Gasteiger partial charge >= 0.3 is 0 Å². The van der Waals surface area contributed by atoms with E-state index in [4.69, 9.17) is 4.74 Å². The van der Waals surface area contributed by atoms with Crippen molar-refractivity contribution in [2.24, 2.45) is 0 Å². The molecule has 0 bridgehead atoms. The monoisotopic (exact) mass is 428 g/mol. The van der Waals surface area contributed by atoms with Gasteiger partial charge in [-0.1, -0.05) is 18.2 Å². The number of ether oxygens (including phenoxy) is 1. The van der Waals surface area contributed by atoms with Gasteiger partial charge in [0.15, 0.2) is 6.61 Å². The van der Waals surface area contributed by atoms with Crippen molar-refractivity contribution in [3.63, 3.8) is 0 Å². The lowest BCUT2D eigenvalue weighted by Crippen LogP contribution is -2.20. The van der Waals surface area contributed by atoms with Crippen LogP contribution in [-0.2, 0) is 14.8 Å². The predicted molar refractivity (Wildman–Crippen MR) is 114 cm³/mol. The number of amides is 1. The molecule has 0 radical (unpaired) electrons. The average molecular weight is 428 g/mol. The van der Waals surface area contributed by atoms with Crippen LogP contribution in [0.3, 0.4) is 0 Å². The van der Waals surface area contributed by atoms with Crippen molar-refractivity contribution in [3.05, 3.63) is 83.7 Å². The fourth-order valence-corrected chi connectivity index (χ4v) is 3.97. The van der Waals surface area contributed by atoms with Gasteiger partial charge in [0.2, 0.25) is 0 Å². The molecule has 30 heavy (non-hydrogen) atoms. The molecule has 0 unspecified atom stereocenters.